The quantitative estimate of drug-likeness (QED) is 0.747. The molecule has 1 atom stereocenters. The highest BCUT2D eigenvalue weighted by molar-refractivity contribution is 7.99. The Kier molecular flexibility index (Phi) is 6.10. The van der Waals surface area contributed by atoms with Gasteiger partial charge in [-0.3, -0.25) is 4.79 Å². The number of nitrogens with zero attached hydrogens (tertiary/aromatic N) is 1. The summed E-state index contributed by atoms with van der Waals surface area (Å²) in [5.74, 6) is 1.30. The van der Waals surface area contributed by atoms with Gasteiger partial charge in [0.15, 0.2) is 0 Å². The van der Waals surface area contributed by atoms with Gasteiger partial charge in [0.2, 0.25) is 5.91 Å². The van der Waals surface area contributed by atoms with Crippen LogP contribution in [0.5, 0.6) is 0 Å². The fourth-order valence-electron chi connectivity index (χ4n) is 1.81. The average Bonchev–Trinajstić information content (AvgIpc) is 2.70. The van der Waals surface area contributed by atoms with E-state index in [0.29, 0.717) is 11.7 Å². The van der Waals surface area contributed by atoms with Crippen LogP contribution in [0.15, 0.2) is 0 Å². The molecule has 15 heavy (non-hydrogen) atoms. The molecule has 0 aliphatic carbocycles. The Bertz CT molecular complexity index is 193. The summed E-state index contributed by atoms with van der Waals surface area (Å²) in [5, 5.41) is 3.10. The highest BCUT2D eigenvalue weighted by atomic mass is 32.2. The first kappa shape index (κ1) is 12.8. The van der Waals surface area contributed by atoms with Crippen LogP contribution in [-0.4, -0.2) is 48.5 Å². The summed E-state index contributed by atoms with van der Waals surface area (Å²) in [4.78, 5) is 13.6. The van der Waals surface area contributed by atoms with E-state index in [1.165, 1.54) is 32.5 Å². The van der Waals surface area contributed by atoms with Crippen molar-refractivity contribution in [3.8, 4) is 0 Å². The molecule has 1 unspecified atom stereocenters. The lowest BCUT2D eigenvalue weighted by molar-refractivity contribution is -0.120. The molecule has 0 spiro atoms. The number of hydrogen-bond donors (Lipinski definition) is 1. The molecule has 0 saturated carbocycles. The van der Waals surface area contributed by atoms with Crippen molar-refractivity contribution in [3.63, 3.8) is 0 Å². The van der Waals surface area contributed by atoms with Crippen LogP contribution in [0, 0.1) is 0 Å². The molecule has 1 rings (SSSR count). The molecule has 1 heterocycles. The molecule has 1 N–H and O–H groups in total. The van der Waals surface area contributed by atoms with E-state index in [-0.39, 0.29) is 5.91 Å². The highest BCUT2D eigenvalue weighted by Gasteiger charge is 2.12. The van der Waals surface area contributed by atoms with E-state index >= 15 is 0 Å². The van der Waals surface area contributed by atoms with Crippen LogP contribution in [0.3, 0.4) is 0 Å². The van der Waals surface area contributed by atoms with Crippen molar-refractivity contribution in [1.82, 2.24) is 10.2 Å². The molecule has 3 nitrogen and oxygen atoms in total. The molecule has 0 aromatic rings. The lowest BCUT2D eigenvalue weighted by Gasteiger charge is -2.16. The fraction of sp³-hybridized carbons (Fsp3) is 0.909. The van der Waals surface area contributed by atoms with E-state index in [9.17, 15) is 4.79 Å². The second kappa shape index (κ2) is 7.12. The van der Waals surface area contributed by atoms with Gasteiger partial charge in [-0.25, -0.2) is 0 Å². The van der Waals surface area contributed by atoms with Crippen LogP contribution >= 0.6 is 11.8 Å². The first-order valence-corrected chi connectivity index (χ1v) is 6.82. The molecule has 1 fully saturated rings. The maximum Gasteiger partial charge on any atom is 0.220 e. The van der Waals surface area contributed by atoms with Crippen LogP contribution < -0.4 is 5.32 Å². The van der Waals surface area contributed by atoms with Gasteiger partial charge >= 0.3 is 0 Å². The Balaban J connectivity index is 2.00. The summed E-state index contributed by atoms with van der Waals surface area (Å²) in [6.07, 6.45) is 3.36. The van der Waals surface area contributed by atoms with E-state index < -0.39 is 0 Å². The van der Waals surface area contributed by atoms with E-state index in [0.717, 1.165) is 5.75 Å². The number of likely N-dealkylation sites (tertiary alicyclic amines) is 1. The van der Waals surface area contributed by atoms with Crippen LogP contribution in [-0.2, 0) is 4.79 Å². The Morgan fingerprint density at radius 3 is 2.73 bits per heavy atom. The second-order valence-corrected chi connectivity index (χ2v) is 5.65. The van der Waals surface area contributed by atoms with Crippen molar-refractivity contribution < 1.29 is 4.79 Å². The zero-order valence-electron chi connectivity index (χ0n) is 9.79. The number of amides is 1. The van der Waals surface area contributed by atoms with Crippen molar-refractivity contribution in [2.75, 3.05) is 32.4 Å². The Labute approximate surface area is 97.0 Å². The molecule has 1 aliphatic rings. The lowest BCUT2D eigenvalue weighted by Crippen LogP contribution is -2.24. The molecule has 0 aromatic heterocycles. The first-order valence-electron chi connectivity index (χ1n) is 5.77. The number of hydrogen-bond acceptors (Lipinski definition) is 3. The molecule has 0 bridgehead atoms. The molecule has 88 valence electrons. The number of nitrogens with one attached hydrogen (secondary N) is 1. The standard InChI is InChI=1S/C11H22N2OS/c1-10(9-11(14)12-2)15-8-7-13-5-3-4-6-13/h10H,3-9H2,1-2H3,(H,12,14). The van der Waals surface area contributed by atoms with Crippen LogP contribution in [0.1, 0.15) is 26.2 Å². The van der Waals surface area contributed by atoms with Gasteiger partial charge < -0.3 is 10.2 Å². The summed E-state index contributed by atoms with van der Waals surface area (Å²) in [6, 6.07) is 0. The minimum atomic E-state index is 0.149. The maximum absolute atomic E-state index is 11.1. The Morgan fingerprint density at radius 2 is 2.13 bits per heavy atom. The van der Waals surface area contributed by atoms with E-state index in [4.69, 9.17) is 0 Å². The van der Waals surface area contributed by atoms with Crippen molar-refractivity contribution >= 4 is 17.7 Å². The zero-order valence-corrected chi connectivity index (χ0v) is 10.6. The van der Waals surface area contributed by atoms with Gasteiger partial charge in [0.25, 0.3) is 0 Å². The van der Waals surface area contributed by atoms with E-state index in [1.807, 2.05) is 11.8 Å². The average molecular weight is 230 g/mol. The normalized spacial score (nSPS) is 19.1. The number of carbonyl (C=O) groups excluding carboxylic acids is 1. The molecular weight excluding hydrogens is 208 g/mol. The first-order chi connectivity index (χ1) is 7.22. The molecule has 1 amide bonds. The third-order valence-electron chi connectivity index (χ3n) is 2.76. The van der Waals surface area contributed by atoms with Gasteiger partial charge in [-0.15, -0.1) is 0 Å². The predicted molar refractivity (Wildman–Crippen MR) is 66.3 cm³/mol. The minimum absolute atomic E-state index is 0.149. The summed E-state index contributed by atoms with van der Waals surface area (Å²) in [7, 11) is 1.70. The third-order valence-corrected chi connectivity index (χ3v) is 3.91. The van der Waals surface area contributed by atoms with Crippen molar-refractivity contribution in [1.29, 1.82) is 0 Å². The van der Waals surface area contributed by atoms with Gasteiger partial charge in [-0.1, -0.05) is 6.92 Å². The molecule has 0 aromatic carbocycles. The predicted octanol–water partition coefficient (Wildman–Crippen LogP) is 1.34. The summed E-state index contributed by atoms with van der Waals surface area (Å²) < 4.78 is 0. The topological polar surface area (TPSA) is 32.3 Å². The smallest absolute Gasteiger partial charge is 0.220 e. The zero-order chi connectivity index (χ0) is 11.1. The van der Waals surface area contributed by atoms with Gasteiger partial charge in [0, 0.05) is 31.0 Å². The SMILES string of the molecule is CNC(=O)CC(C)SCCN1CCCC1. The summed E-state index contributed by atoms with van der Waals surface area (Å²) >= 11 is 1.90. The van der Waals surface area contributed by atoms with Gasteiger partial charge in [0.05, 0.1) is 0 Å². The summed E-state index contributed by atoms with van der Waals surface area (Å²) in [6.45, 7) is 5.85. The fourth-order valence-corrected chi connectivity index (χ4v) is 2.85. The molecular formula is C11H22N2OS. The lowest BCUT2D eigenvalue weighted by atomic mass is 10.3. The maximum atomic E-state index is 11.1. The largest absolute Gasteiger partial charge is 0.359 e. The molecule has 4 heteroatoms. The third kappa shape index (κ3) is 5.42. The Hall–Kier alpha value is -0.220. The monoisotopic (exact) mass is 230 g/mol. The highest BCUT2D eigenvalue weighted by Crippen LogP contribution is 2.15. The minimum Gasteiger partial charge on any atom is -0.359 e. The van der Waals surface area contributed by atoms with Crippen LogP contribution in [0.25, 0.3) is 0 Å². The molecule has 0 radical (unpaired) electrons. The van der Waals surface area contributed by atoms with Crippen LogP contribution in [0.2, 0.25) is 0 Å². The van der Waals surface area contributed by atoms with Gasteiger partial charge in [-0.2, -0.15) is 11.8 Å². The van der Waals surface area contributed by atoms with E-state index in [2.05, 4.69) is 17.1 Å². The molecule has 1 saturated heterocycles. The Morgan fingerprint density at radius 1 is 1.47 bits per heavy atom. The summed E-state index contributed by atoms with van der Waals surface area (Å²) in [5.41, 5.74) is 0. The number of thioether (sulfide) groups is 1. The van der Waals surface area contributed by atoms with E-state index in [1.54, 1.807) is 7.05 Å². The van der Waals surface area contributed by atoms with Crippen molar-refractivity contribution in [2.45, 2.75) is 31.4 Å². The van der Waals surface area contributed by atoms with Crippen molar-refractivity contribution in [2.24, 2.45) is 0 Å². The number of carbonyl (C=O) groups is 1. The van der Waals surface area contributed by atoms with Gasteiger partial charge in [-0.05, 0) is 25.9 Å². The molecule has 1 aliphatic heterocycles. The van der Waals surface area contributed by atoms with Gasteiger partial charge in [0.1, 0.15) is 0 Å². The van der Waals surface area contributed by atoms with Crippen molar-refractivity contribution in [3.05, 3.63) is 0 Å². The number of rotatable bonds is 6. The van der Waals surface area contributed by atoms with Crippen LogP contribution in [0.4, 0.5) is 0 Å². The second-order valence-electron chi connectivity index (χ2n) is 4.11.